The Morgan fingerprint density at radius 1 is 0.250 bits per heavy atom. The van der Waals surface area contributed by atoms with Crippen LogP contribution >= 0.6 is 24.1 Å². The minimum Gasteiger partial charge on any atom is -0.596 e. The Morgan fingerprint density at radius 2 is 0.391 bits per heavy atom. The Labute approximate surface area is 412 Å². The first-order chi connectivity index (χ1) is 30.8. The van der Waals surface area contributed by atoms with Crippen molar-refractivity contribution in [3.63, 3.8) is 0 Å². The normalized spacial score (nSPS) is 12.0. The van der Waals surface area contributed by atoms with E-state index in [0.29, 0.717) is 18.5 Å². The fraction of sp³-hybridized carbons (Fsp3) is 0.889. The van der Waals surface area contributed by atoms with Crippen LogP contribution in [0.2, 0.25) is 0 Å². The van der Waals surface area contributed by atoms with Crippen molar-refractivity contribution in [2.45, 2.75) is 290 Å². The number of unbranched alkanes of at least 4 members (excludes halogenated alkanes) is 36. The monoisotopic (exact) mass is 999 g/mol. The molecular formula is C54H105FeO6P3+3. The Balaban J connectivity index is -0.000000419. The molecule has 1 radical (unpaired) electrons. The molecule has 0 spiro atoms. The maximum atomic E-state index is 10.4. The van der Waals surface area contributed by atoms with Gasteiger partial charge in [0.15, 0.2) is 0 Å². The van der Waals surface area contributed by atoms with E-state index >= 15 is 0 Å². The summed E-state index contributed by atoms with van der Waals surface area (Å²) >= 11 is 0. The fourth-order valence-corrected chi connectivity index (χ4v) is 8.91. The van der Waals surface area contributed by atoms with Crippen LogP contribution in [-0.2, 0) is 30.8 Å². The van der Waals surface area contributed by atoms with Gasteiger partial charge in [-0.05, 0) is 116 Å². The van der Waals surface area contributed by atoms with E-state index in [2.05, 4.69) is 57.2 Å². The second kappa shape index (κ2) is 67.2. The zero-order chi connectivity index (χ0) is 46.8. The molecule has 64 heavy (non-hydrogen) atoms. The first-order valence-electron chi connectivity index (χ1n) is 27.1. The van der Waals surface area contributed by atoms with Crippen molar-refractivity contribution in [2.75, 3.05) is 18.5 Å². The van der Waals surface area contributed by atoms with Crippen LogP contribution in [0.1, 0.15) is 290 Å². The van der Waals surface area contributed by atoms with Crippen molar-refractivity contribution >= 4 is 24.1 Å². The summed E-state index contributed by atoms with van der Waals surface area (Å²) in [5.74, 6) is 0. The van der Waals surface area contributed by atoms with E-state index in [4.69, 9.17) is 0 Å². The van der Waals surface area contributed by atoms with E-state index in [-0.39, 0.29) is 17.1 Å². The van der Waals surface area contributed by atoms with Crippen LogP contribution in [0.15, 0.2) is 36.5 Å². The van der Waals surface area contributed by atoms with Crippen molar-refractivity contribution in [3.05, 3.63) is 36.5 Å². The summed E-state index contributed by atoms with van der Waals surface area (Å²) in [7, 11) is -6.46. The summed E-state index contributed by atoms with van der Waals surface area (Å²) in [6, 6.07) is 0. The van der Waals surface area contributed by atoms with Gasteiger partial charge in [-0.2, -0.15) is 0 Å². The average molecular weight is 999 g/mol. The number of hydrogen-bond donors (Lipinski definition) is 0. The third-order valence-corrected chi connectivity index (χ3v) is 13.6. The molecular weight excluding hydrogens is 893 g/mol. The summed E-state index contributed by atoms with van der Waals surface area (Å²) in [4.78, 5) is 31.1. The van der Waals surface area contributed by atoms with Gasteiger partial charge in [0, 0.05) is 0 Å². The van der Waals surface area contributed by atoms with Gasteiger partial charge in [-0.3, -0.25) is 0 Å². The molecule has 0 N–H and O–H groups in total. The molecule has 0 heterocycles. The molecule has 3 unspecified atom stereocenters. The van der Waals surface area contributed by atoms with Gasteiger partial charge in [0.1, 0.15) is 18.5 Å². The van der Waals surface area contributed by atoms with E-state index in [9.17, 15) is 28.4 Å². The molecule has 0 rings (SSSR count). The quantitative estimate of drug-likeness (QED) is 0.0259. The SMILES string of the molecule is CCCCCCCCC=CCCCCCCCC[P+](=O)[O-].CCCCCCCCC=CCCCCCCCC[P+](=O)[O-].CCCCCCCCC=CCCCCCCCC[P+](=O)[O-].[Fe+3]. The van der Waals surface area contributed by atoms with Gasteiger partial charge >= 0.3 is 41.2 Å². The van der Waals surface area contributed by atoms with Gasteiger partial charge in [0.25, 0.3) is 0 Å². The molecule has 0 bridgehead atoms. The third-order valence-electron chi connectivity index (χ3n) is 11.6. The molecule has 377 valence electrons. The number of rotatable bonds is 48. The summed E-state index contributed by atoms with van der Waals surface area (Å²) in [5, 5.41) is 0. The molecule has 3 atom stereocenters. The van der Waals surface area contributed by atoms with E-state index in [0.717, 1.165) is 38.5 Å². The summed E-state index contributed by atoms with van der Waals surface area (Å²) < 4.78 is 31.1. The molecule has 0 aliphatic heterocycles. The summed E-state index contributed by atoms with van der Waals surface area (Å²) in [6.45, 7) is 6.79. The Morgan fingerprint density at radius 3 is 0.547 bits per heavy atom. The maximum Gasteiger partial charge on any atom is 3.00 e. The molecule has 0 aliphatic rings. The fourth-order valence-electron chi connectivity index (χ4n) is 7.47. The molecule has 0 saturated heterocycles. The third kappa shape index (κ3) is 79.0. The number of allylic oxidation sites excluding steroid dienone is 6. The molecule has 0 aromatic heterocycles. The van der Waals surface area contributed by atoms with E-state index in [1.54, 1.807) is 0 Å². The zero-order valence-corrected chi connectivity index (χ0v) is 46.2. The average Bonchev–Trinajstić information content (AvgIpc) is 3.26. The molecule has 6 nitrogen and oxygen atoms in total. The molecule has 0 saturated carbocycles. The van der Waals surface area contributed by atoms with Crippen LogP contribution in [0, 0.1) is 0 Å². The second-order valence-corrected chi connectivity index (χ2v) is 21.3. The van der Waals surface area contributed by atoms with Gasteiger partial charge in [-0.25, -0.2) is 0 Å². The molecule has 10 heteroatoms. The van der Waals surface area contributed by atoms with Crippen LogP contribution in [0.5, 0.6) is 0 Å². The first kappa shape index (κ1) is 70.5. The van der Waals surface area contributed by atoms with Gasteiger partial charge in [0.05, 0.1) is 0 Å². The Bertz CT molecular complexity index is 886. The molecule has 0 fully saturated rings. The second-order valence-electron chi connectivity index (χ2n) is 18.0. The summed E-state index contributed by atoms with van der Waals surface area (Å²) in [5.41, 5.74) is 0. The van der Waals surface area contributed by atoms with Crippen molar-refractivity contribution < 1.29 is 45.4 Å². The van der Waals surface area contributed by atoms with Gasteiger partial charge in [-0.15, -0.1) is 0 Å². The molecule has 0 aromatic carbocycles. The molecule has 0 amide bonds. The van der Waals surface area contributed by atoms with Crippen molar-refractivity contribution in [3.8, 4) is 0 Å². The minimum atomic E-state index is -2.15. The van der Waals surface area contributed by atoms with E-state index < -0.39 is 24.1 Å². The first-order valence-corrected chi connectivity index (χ1v) is 31.2. The maximum absolute atomic E-state index is 10.4. The minimum absolute atomic E-state index is 0. The predicted octanol–water partition coefficient (Wildman–Crippen LogP) is 18.4. The largest absolute Gasteiger partial charge is 3.00 e. The summed E-state index contributed by atoms with van der Waals surface area (Å²) in [6.07, 6.45) is 68.1. The van der Waals surface area contributed by atoms with Gasteiger partial charge < -0.3 is 14.7 Å². The van der Waals surface area contributed by atoms with Crippen molar-refractivity contribution in [2.24, 2.45) is 0 Å². The van der Waals surface area contributed by atoms with Crippen LogP contribution in [0.3, 0.4) is 0 Å². The zero-order valence-electron chi connectivity index (χ0n) is 42.4. The van der Waals surface area contributed by atoms with Crippen LogP contribution < -0.4 is 14.7 Å². The smallest absolute Gasteiger partial charge is 0.596 e. The number of hydrogen-bond acceptors (Lipinski definition) is 6. The van der Waals surface area contributed by atoms with Crippen LogP contribution in [0.4, 0.5) is 0 Å². The van der Waals surface area contributed by atoms with Crippen LogP contribution in [0.25, 0.3) is 0 Å². The molecule has 0 aliphatic carbocycles. The molecule has 0 aromatic rings. The van der Waals surface area contributed by atoms with Crippen molar-refractivity contribution in [1.29, 1.82) is 0 Å². The topological polar surface area (TPSA) is 120 Å². The van der Waals surface area contributed by atoms with E-state index in [1.807, 2.05) is 0 Å². The predicted molar refractivity (Wildman–Crippen MR) is 276 cm³/mol. The van der Waals surface area contributed by atoms with Gasteiger partial charge in [-0.1, -0.05) is 225 Å². The van der Waals surface area contributed by atoms with Crippen molar-refractivity contribution in [1.82, 2.24) is 0 Å². The Kier molecular flexibility index (Phi) is 74.0. The van der Waals surface area contributed by atoms with Gasteiger partial charge in [0.2, 0.25) is 0 Å². The standard InChI is InChI=1S/3C18H35O2P.Fe/c3*1-2-3-4-5-6-7-8-9-10-11-12-13-14-15-16-17-18-21(19)20;/h3*9-10H,2-8,11-18H2,1H3;/q;;;+3. The Hall–Kier alpha value is -0.0805. The van der Waals surface area contributed by atoms with Crippen LogP contribution in [-0.4, -0.2) is 18.5 Å². The van der Waals surface area contributed by atoms with E-state index in [1.165, 1.54) is 231 Å².